The van der Waals surface area contributed by atoms with Crippen LogP contribution in [0.15, 0.2) is 4.52 Å². The zero-order valence-corrected chi connectivity index (χ0v) is 8.77. The van der Waals surface area contributed by atoms with E-state index in [1.807, 2.05) is 0 Å². The summed E-state index contributed by atoms with van der Waals surface area (Å²) < 4.78 is 4.70. The first-order valence-electron chi connectivity index (χ1n) is 4.60. The molecule has 0 bridgehead atoms. The van der Waals surface area contributed by atoms with Gasteiger partial charge >= 0.3 is 0 Å². The van der Waals surface area contributed by atoms with Crippen molar-refractivity contribution >= 4 is 11.8 Å². The van der Waals surface area contributed by atoms with E-state index in [0.29, 0.717) is 11.7 Å². The van der Waals surface area contributed by atoms with Crippen molar-refractivity contribution < 1.29 is 14.1 Å². The summed E-state index contributed by atoms with van der Waals surface area (Å²) in [5.74, 6) is -0.359. The first-order chi connectivity index (χ1) is 7.49. The molecular weight excluding hydrogens is 214 g/mol. The fourth-order valence-electron chi connectivity index (χ4n) is 1.02. The van der Waals surface area contributed by atoms with E-state index in [9.17, 15) is 9.59 Å². The fourth-order valence-corrected chi connectivity index (χ4v) is 1.02. The normalized spacial score (nSPS) is 12.1. The molecule has 2 amide bonds. The molecule has 88 valence electrons. The van der Waals surface area contributed by atoms with E-state index in [1.54, 1.807) is 6.92 Å². The van der Waals surface area contributed by atoms with Crippen LogP contribution in [0.1, 0.15) is 18.1 Å². The number of aromatic nitrogens is 2. The molecule has 0 aliphatic rings. The van der Waals surface area contributed by atoms with Crippen molar-refractivity contribution in [3.8, 4) is 0 Å². The number of carbonyl (C=O) groups excluding carboxylic acids is 2. The maximum Gasteiger partial charge on any atom is 0.237 e. The topological polar surface area (TPSA) is 137 Å². The Morgan fingerprint density at radius 3 is 2.75 bits per heavy atom. The lowest BCUT2D eigenvalue weighted by Crippen LogP contribution is -2.42. The molecule has 0 fully saturated rings. The first kappa shape index (κ1) is 12.1. The van der Waals surface area contributed by atoms with Crippen molar-refractivity contribution in [1.29, 1.82) is 0 Å². The Morgan fingerprint density at radius 1 is 1.56 bits per heavy atom. The Hall–Kier alpha value is -1.96. The second-order valence-corrected chi connectivity index (χ2v) is 3.22. The zero-order valence-electron chi connectivity index (χ0n) is 8.77. The molecule has 1 aromatic heterocycles. The summed E-state index contributed by atoms with van der Waals surface area (Å²) in [5.41, 5.74) is 10.3. The fraction of sp³-hybridized carbons (Fsp3) is 0.500. The number of aryl methyl sites for hydroxylation is 1. The Morgan fingerprint density at radius 2 is 2.25 bits per heavy atom. The molecule has 16 heavy (non-hydrogen) atoms. The minimum absolute atomic E-state index is 0.0998. The summed E-state index contributed by atoms with van der Waals surface area (Å²) in [6.07, 6.45) is -0.197. The molecule has 0 aliphatic heterocycles. The number of nitrogens with two attached hydrogens (primary N) is 2. The van der Waals surface area contributed by atoms with Gasteiger partial charge in [-0.25, -0.2) is 0 Å². The van der Waals surface area contributed by atoms with Gasteiger partial charge in [-0.2, -0.15) is 4.98 Å². The Kier molecular flexibility index (Phi) is 3.95. The van der Waals surface area contributed by atoms with E-state index in [0.717, 1.165) is 0 Å². The van der Waals surface area contributed by atoms with E-state index >= 15 is 0 Å². The molecule has 0 aliphatic carbocycles. The molecule has 0 aromatic carbocycles. The van der Waals surface area contributed by atoms with Gasteiger partial charge in [0, 0.05) is 6.92 Å². The predicted molar refractivity (Wildman–Crippen MR) is 52.7 cm³/mol. The molecule has 0 saturated carbocycles. The molecule has 1 rings (SSSR count). The third kappa shape index (κ3) is 3.65. The molecule has 0 saturated heterocycles. The first-order valence-corrected chi connectivity index (χ1v) is 4.60. The molecule has 1 aromatic rings. The highest BCUT2D eigenvalue weighted by atomic mass is 16.5. The smallest absolute Gasteiger partial charge is 0.237 e. The molecule has 1 heterocycles. The second-order valence-electron chi connectivity index (χ2n) is 3.22. The minimum atomic E-state index is -0.953. The number of hydrogen-bond donors (Lipinski definition) is 3. The van der Waals surface area contributed by atoms with Gasteiger partial charge in [-0.05, 0) is 0 Å². The van der Waals surface area contributed by atoms with E-state index in [1.165, 1.54) is 0 Å². The Labute approximate surface area is 91.4 Å². The van der Waals surface area contributed by atoms with Crippen LogP contribution >= 0.6 is 0 Å². The second kappa shape index (κ2) is 5.21. The van der Waals surface area contributed by atoms with Crippen LogP contribution in [-0.4, -0.2) is 28.0 Å². The van der Waals surface area contributed by atoms with Gasteiger partial charge in [0.1, 0.15) is 0 Å². The average Bonchev–Trinajstić information content (AvgIpc) is 2.59. The van der Waals surface area contributed by atoms with Gasteiger partial charge in [-0.3, -0.25) is 9.59 Å². The van der Waals surface area contributed by atoms with Crippen molar-refractivity contribution in [1.82, 2.24) is 15.5 Å². The maximum absolute atomic E-state index is 11.3. The monoisotopic (exact) mass is 227 g/mol. The predicted octanol–water partition coefficient (Wildman–Crippen LogP) is -1.80. The standard InChI is InChI=1S/C8H13N5O3/c1-4-12-7(13-16-4)3-11-8(15)5(9)2-6(10)14/h5H,2-3,9H2,1H3,(H2,10,14)(H,11,15). The third-order valence-corrected chi connectivity index (χ3v) is 1.75. The number of nitrogens with zero attached hydrogens (tertiary/aromatic N) is 2. The van der Waals surface area contributed by atoms with Gasteiger partial charge in [0.15, 0.2) is 5.82 Å². The SMILES string of the molecule is Cc1nc(CNC(=O)C(N)CC(N)=O)no1. The molecule has 0 radical (unpaired) electrons. The van der Waals surface area contributed by atoms with Crippen LogP contribution in [0.3, 0.4) is 0 Å². The average molecular weight is 227 g/mol. The van der Waals surface area contributed by atoms with E-state index in [2.05, 4.69) is 15.5 Å². The lowest BCUT2D eigenvalue weighted by atomic mass is 10.2. The Bertz CT molecular complexity index is 389. The van der Waals surface area contributed by atoms with Crippen LogP contribution in [0.25, 0.3) is 0 Å². The number of rotatable bonds is 5. The number of hydrogen-bond acceptors (Lipinski definition) is 6. The van der Waals surface area contributed by atoms with Gasteiger partial charge in [0.2, 0.25) is 17.7 Å². The lowest BCUT2D eigenvalue weighted by molar-refractivity contribution is -0.126. The highest BCUT2D eigenvalue weighted by Crippen LogP contribution is 1.94. The maximum atomic E-state index is 11.3. The lowest BCUT2D eigenvalue weighted by Gasteiger charge is -2.08. The summed E-state index contributed by atoms with van der Waals surface area (Å²) in [4.78, 5) is 25.7. The highest BCUT2D eigenvalue weighted by Gasteiger charge is 2.16. The molecule has 5 N–H and O–H groups in total. The molecule has 8 nitrogen and oxygen atoms in total. The van der Waals surface area contributed by atoms with E-state index < -0.39 is 17.9 Å². The number of carbonyl (C=O) groups is 2. The summed E-state index contributed by atoms with van der Waals surface area (Å²) in [7, 11) is 0. The van der Waals surface area contributed by atoms with Gasteiger partial charge < -0.3 is 21.3 Å². The molecular formula is C8H13N5O3. The molecule has 1 atom stereocenters. The zero-order chi connectivity index (χ0) is 12.1. The number of amides is 2. The van der Waals surface area contributed by atoms with Crippen LogP contribution in [0.2, 0.25) is 0 Å². The van der Waals surface area contributed by atoms with E-state index in [4.69, 9.17) is 16.0 Å². The third-order valence-electron chi connectivity index (χ3n) is 1.75. The van der Waals surface area contributed by atoms with Gasteiger partial charge in [0.05, 0.1) is 19.0 Å². The van der Waals surface area contributed by atoms with Crippen molar-refractivity contribution in [2.75, 3.05) is 0 Å². The molecule has 8 heteroatoms. The van der Waals surface area contributed by atoms with Crippen molar-refractivity contribution in [2.45, 2.75) is 25.9 Å². The van der Waals surface area contributed by atoms with Gasteiger partial charge in [-0.15, -0.1) is 0 Å². The number of nitrogens with one attached hydrogen (secondary N) is 1. The van der Waals surface area contributed by atoms with E-state index in [-0.39, 0.29) is 13.0 Å². The van der Waals surface area contributed by atoms with Crippen LogP contribution in [0.4, 0.5) is 0 Å². The largest absolute Gasteiger partial charge is 0.370 e. The van der Waals surface area contributed by atoms with Crippen molar-refractivity contribution in [3.63, 3.8) is 0 Å². The van der Waals surface area contributed by atoms with Crippen LogP contribution in [0.5, 0.6) is 0 Å². The van der Waals surface area contributed by atoms with Gasteiger partial charge in [-0.1, -0.05) is 5.16 Å². The summed E-state index contributed by atoms with van der Waals surface area (Å²) in [6.45, 7) is 1.74. The van der Waals surface area contributed by atoms with Crippen LogP contribution in [-0.2, 0) is 16.1 Å². The number of primary amides is 1. The van der Waals surface area contributed by atoms with Crippen LogP contribution in [0, 0.1) is 6.92 Å². The molecule has 0 spiro atoms. The summed E-state index contributed by atoms with van der Waals surface area (Å²) in [6, 6.07) is -0.953. The van der Waals surface area contributed by atoms with Gasteiger partial charge in [0.25, 0.3) is 0 Å². The quantitative estimate of drug-likeness (QED) is 0.542. The summed E-state index contributed by atoms with van der Waals surface area (Å²) in [5, 5.41) is 6.04. The van der Waals surface area contributed by atoms with Crippen molar-refractivity contribution in [3.05, 3.63) is 11.7 Å². The molecule has 1 unspecified atom stereocenters. The minimum Gasteiger partial charge on any atom is -0.370 e. The van der Waals surface area contributed by atoms with Crippen LogP contribution < -0.4 is 16.8 Å². The summed E-state index contributed by atoms with van der Waals surface area (Å²) >= 11 is 0. The van der Waals surface area contributed by atoms with Crippen molar-refractivity contribution in [2.24, 2.45) is 11.5 Å². The Balaban J connectivity index is 2.37. The highest BCUT2D eigenvalue weighted by molar-refractivity contribution is 5.87.